The van der Waals surface area contributed by atoms with E-state index in [0.717, 1.165) is 13.0 Å². The lowest BCUT2D eigenvalue weighted by atomic mass is 10.2. The van der Waals surface area contributed by atoms with Gasteiger partial charge in [0.25, 0.3) is 0 Å². The number of nitrogens with two attached hydrogens (primary N) is 1. The van der Waals surface area contributed by atoms with Crippen molar-refractivity contribution in [2.75, 3.05) is 18.5 Å². The number of rotatable bonds is 5. The summed E-state index contributed by atoms with van der Waals surface area (Å²) in [6, 6.07) is 12.8. The number of anilines is 1. The molecule has 90 valence electrons. The molecule has 0 amide bonds. The summed E-state index contributed by atoms with van der Waals surface area (Å²) in [7, 11) is 2.13. The van der Waals surface area contributed by atoms with Crippen molar-refractivity contribution in [1.82, 2.24) is 0 Å². The van der Waals surface area contributed by atoms with Crippen LogP contribution in [-0.2, 0) is 13.0 Å². The largest absolute Gasteiger partial charge is 0.374 e. The van der Waals surface area contributed by atoms with Crippen LogP contribution in [0.2, 0.25) is 0 Å². The molecule has 0 fully saturated rings. The minimum atomic E-state index is 0.610. The van der Waals surface area contributed by atoms with Crippen LogP contribution < -0.4 is 10.6 Å². The van der Waals surface area contributed by atoms with Crippen molar-refractivity contribution in [3.63, 3.8) is 0 Å². The summed E-state index contributed by atoms with van der Waals surface area (Å²) >= 11 is 1.82. The van der Waals surface area contributed by atoms with Gasteiger partial charge in [-0.25, -0.2) is 0 Å². The predicted molar refractivity (Wildman–Crippen MR) is 75.6 cm³/mol. The normalized spacial score (nSPS) is 10.5. The molecule has 17 heavy (non-hydrogen) atoms. The summed E-state index contributed by atoms with van der Waals surface area (Å²) in [5, 5.41) is 2.13. The lowest BCUT2D eigenvalue weighted by Gasteiger charge is -2.19. The van der Waals surface area contributed by atoms with Gasteiger partial charge in [-0.3, -0.25) is 0 Å². The Labute approximate surface area is 107 Å². The third-order valence-electron chi connectivity index (χ3n) is 2.89. The van der Waals surface area contributed by atoms with E-state index < -0.39 is 0 Å². The van der Waals surface area contributed by atoms with Crippen molar-refractivity contribution in [2.45, 2.75) is 13.0 Å². The predicted octanol–water partition coefficient (Wildman–Crippen LogP) is 2.89. The number of nitrogens with zero attached hydrogens (tertiary/aromatic N) is 1. The second-order valence-corrected chi connectivity index (χ2v) is 5.15. The molecule has 0 spiro atoms. The summed E-state index contributed by atoms with van der Waals surface area (Å²) in [5.74, 6) is 0. The Balaban J connectivity index is 1.92. The highest BCUT2D eigenvalue weighted by atomic mass is 32.1. The van der Waals surface area contributed by atoms with E-state index in [1.165, 1.54) is 16.1 Å². The third-order valence-corrected chi connectivity index (χ3v) is 3.82. The highest BCUT2D eigenvalue weighted by Crippen LogP contribution is 2.15. The van der Waals surface area contributed by atoms with E-state index in [1.807, 2.05) is 11.3 Å². The van der Waals surface area contributed by atoms with Crippen LogP contribution in [0.15, 0.2) is 41.8 Å². The fourth-order valence-electron chi connectivity index (χ4n) is 1.75. The molecule has 2 N–H and O–H groups in total. The van der Waals surface area contributed by atoms with Crippen LogP contribution in [0.3, 0.4) is 0 Å². The second-order valence-electron chi connectivity index (χ2n) is 4.12. The smallest absolute Gasteiger partial charge is 0.0363 e. The molecule has 0 atom stereocenters. The van der Waals surface area contributed by atoms with E-state index in [9.17, 15) is 0 Å². The number of benzene rings is 1. The number of likely N-dealkylation sites (N-methyl/N-ethyl adjacent to an activating group) is 1. The van der Waals surface area contributed by atoms with Gasteiger partial charge in [-0.2, -0.15) is 0 Å². The van der Waals surface area contributed by atoms with Gasteiger partial charge >= 0.3 is 0 Å². The van der Waals surface area contributed by atoms with E-state index in [1.54, 1.807) is 0 Å². The Kier molecular flexibility index (Phi) is 4.18. The van der Waals surface area contributed by atoms with Gasteiger partial charge in [-0.15, -0.1) is 11.3 Å². The Hall–Kier alpha value is -1.32. The van der Waals surface area contributed by atoms with Crippen molar-refractivity contribution in [3.8, 4) is 0 Å². The molecule has 0 aliphatic rings. The summed E-state index contributed by atoms with van der Waals surface area (Å²) in [4.78, 5) is 3.72. The molecule has 0 saturated carbocycles. The topological polar surface area (TPSA) is 29.3 Å². The fourth-order valence-corrected chi connectivity index (χ4v) is 2.45. The van der Waals surface area contributed by atoms with Crippen LogP contribution in [0.5, 0.6) is 0 Å². The van der Waals surface area contributed by atoms with Crippen LogP contribution in [0.25, 0.3) is 0 Å². The first kappa shape index (κ1) is 12.1. The fraction of sp³-hybridized carbons (Fsp3) is 0.286. The first-order valence-electron chi connectivity index (χ1n) is 5.82. The van der Waals surface area contributed by atoms with Gasteiger partial charge in [0.1, 0.15) is 0 Å². The van der Waals surface area contributed by atoms with Gasteiger partial charge in [0.15, 0.2) is 0 Å². The van der Waals surface area contributed by atoms with Crippen molar-refractivity contribution in [2.24, 2.45) is 5.73 Å². The van der Waals surface area contributed by atoms with Crippen LogP contribution in [0, 0.1) is 0 Å². The number of hydrogen-bond donors (Lipinski definition) is 1. The minimum absolute atomic E-state index is 0.610. The quantitative estimate of drug-likeness (QED) is 0.879. The van der Waals surface area contributed by atoms with Gasteiger partial charge in [-0.1, -0.05) is 18.2 Å². The molecule has 3 heteroatoms. The molecule has 0 radical (unpaired) electrons. The standard InChI is InChI=1S/C14H18N2S/c1-16(9-8-14-3-2-10-17-14)13-6-4-12(11-15)5-7-13/h2-7,10H,8-9,11,15H2,1H3. The zero-order chi connectivity index (χ0) is 12.1. The van der Waals surface area contributed by atoms with Crippen LogP contribution >= 0.6 is 11.3 Å². The van der Waals surface area contributed by atoms with Crippen LogP contribution in [0.4, 0.5) is 5.69 Å². The molecule has 1 aromatic carbocycles. The Morgan fingerprint density at radius 1 is 1.18 bits per heavy atom. The minimum Gasteiger partial charge on any atom is -0.374 e. The molecular weight excluding hydrogens is 228 g/mol. The number of thiophene rings is 1. The summed E-state index contributed by atoms with van der Waals surface area (Å²) in [6.07, 6.45) is 1.10. The second kappa shape index (κ2) is 5.84. The lowest BCUT2D eigenvalue weighted by molar-refractivity contribution is 0.886. The summed E-state index contributed by atoms with van der Waals surface area (Å²) < 4.78 is 0. The molecule has 1 aromatic heterocycles. The summed E-state index contributed by atoms with van der Waals surface area (Å²) in [5.41, 5.74) is 8.02. The van der Waals surface area contributed by atoms with Crippen LogP contribution in [-0.4, -0.2) is 13.6 Å². The van der Waals surface area contributed by atoms with Crippen molar-refractivity contribution >= 4 is 17.0 Å². The molecule has 1 heterocycles. The van der Waals surface area contributed by atoms with Gasteiger partial charge in [-0.05, 0) is 35.6 Å². The van der Waals surface area contributed by atoms with Gasteiger partial charge in [0, 0.05) is 30.7 Å². The maximum absolute atomic E-state index is 5.59. The Morgan fingerprint density at radius 2 is 1.94 bits per heavy atom. The maximum atomic E-state index is 5.59. The molecule has 2 aromatic rings. The molecule has 0 aliphatic carbocycles. The van der Waals surface area contributed by atoms with Crippen molar-refractivity contribution < 1.29 is 0 Å². The number of hydrogen-bond acceptors (Lipinski definition) is 3. The average Bonchev–Trinajstić information content (AvgIpc) is 2.89. The SMILES string of the molecule is CN(CCc1cccs1)c1ccc(CN)cc1. The van der Waals surface area contributed by atoms with Gasteiger partial charge in [0.2, 0.25) is 0 Å². The molecular formula is C14H18N2S. The van der Waals surface area contributed by atoms with Crippen molar-refractivity contribution in [3.05, 3.63) is 52.2 Å². The third kappa shape index (κ3) is 3.32. The molecule has 2 nitrogen and oxygen atoms in total. The Morgan fingerprint density at radius 3 is 2.53 bits per heavy atom. The van der Waals surface area contributed by atoms with E-state index >= 15 is 0 Å². The highest BCUT2D eigenvalue weighted by Gasteiger charge is 2.01. The van der Waals surface area contributed by atoms with E-state index in [0.29, 0.717) is 6.54 Å². The summed E-state index contributed by atoms with van der Waals surface area (Å²) in [6.45, 7) is 1.65. The van der Waals surface area contributed by atoms with E-state index in [4.69, 9.17) is 5.73 Å². The molecule has 0 bridgehead atoms. The van der Waals surface area contributed by atoms with Gasteiger partial charge < -0.3 is 10.6 Å². The Bertz CT molecular complexity index is 434. The average molecular weight is 246 g/mol. The lowest BCUT2D eigenvalue weighted by Crippen LogP contribution is -2.19. The first-order valence-corrected chi connectivity index (χ1v) is 6.70. The van der Waals surface area contributed by atoms with E-state index in [2.05, 4.69) is 53.7 Å². The zero-order valence-electron chi connectivity index (χ0n) is 10.1. The molecule has 0 saturated heterocycles. The van der Waals surface area contributed by atoms with E-state index in [-0.39, 0.29) is 0 Å². The molecule has 2 rings (SSSR count). The van der Waals surface area contributed by atoms with Gasteiger partial charge in [0.05, 0.1) is 0 Å². The zero-order valence-corrected chi connectivity index (χ0v) is 10.9. The monoisotopic (exact) mass is 246 g/mol. The van der Waals surface area contributed by atoms with Crippen molar-refractivity contribution in [1.29, 1.82) is 0 Å². The highest BCUT2D eigenvalue weighted by molar-refractivity contribution is 7.09. The molecule has 0 unspecified atom stereocenters. The maximum Gasteiger partial charge on any atom is 0.0363 e. The first-order chi connectivity index (χ1) is 8.29. The van der Waals surface area contributed by atoms with Crippen LogP contribution in [0.1, 0.15) is 10.4 Å². The molecule has 0 aliphatic heterocycles.